The summed E-state index contributed by atoms with van der Waals surface area (Å²) < 4.78 is 0. The summed E-state index contributed by atoms with van der Waals surface area (Å²) >= 11 is 0. The molecule has 0 saturated carbocycles. The first-order valence-corrected chi connectivity index (χ1v) is 6.50. The van der Waals surface area contributed by atoms with Crippen molar-refractivity contribution in [2.24, 2.45) is 0 Å². The number of fused-ring (bicyclic) bond motifs is 1. The molecule has 0 aromatic heterocycles. The van der Waals surface area contributed by atoms with Crippen LogP contribution in [0.1, 0.15) is 29.8 Å². The summed E-state index contributed by atoms with van der Waals surface area (Å²) in [4.78, 5) is 23.2. The molecule has 19 heavy (non-hydrogen) atoms. The van der Waals surface area contributed by atoms with E-state index in [1.165, 1.54) is 0 Å². The van der Waals surface area contributed by atoms with Crippen molar-refractivity contribution in [3.05, 3.63) is 29.3 Å². The minimum absolute atomic E-state index is 0.0197. The SMILES string of the molecule is CC(C)NCCNC(=O)c1ccc2c(c1)NC(=O)C2. The highest BCUT2D eigenvalue weighted by atomic mass is 16.2. The number of rotatable bonds is 5. The van der Waals surface area contributed by atoms with Crippen molar-refractivity contribution in [1.82, 2.24) is 10.6 Å². The predicted molar refractivity (Wildman–Crippen MR) is 74.2 cm³/mol. The molecule has 102 valence electrons. The molecule has 0 aliphatic carbocycles. The van der Waals surface area contributed by atoms with Gasteiger partial charge < -0.3 is 16.0 Å². The fraction of sp³-hybridized carbons (Fsp3) is 0.429. The van der Waals surface area contributed by atoms with Crippen LogP contribution in [0.4, 0.5) is 5.69 Å². The molecule has 0 spiro atoms. The van der Waals surface area contributed by atoms with E-state index in [1.807, 2.05) is 6.07 Å². The van der Waals surface area contributed by atoms with Crippen molar-refractivity contribution in [2.45, 2.75) is 26.3 Å². The average molecular weight is 261 g/mol. The lowest BCUT2D eigenvalue weighted by Crippen LogP contribution is -2.34. The van der Waals surface area contributed by atoms with Crippen LogP contribution in [0.25, 0.3) is 0 Å². The van der Waals surface area contributed by atoms with E-state index < -0.39 is 0 Å². The van der Waals surface area contributed by atoms with Gasteiger partial charge in [0.15, 0.2) is 0 Å². The van der Waals surface area contributed by atoms with E-state index in [-0.39, 0.29) is 11.8 Å². The van der Waals surface area contributed by atoms with Gasteiger partial charge in [-0.1, -0.05) is 19.9 Å². The zero-order chi connectivity index (χ0) is 13.8. The summed E-state index contributed by atoms with van der Waals surface area (Å²) in [6, 6.07) is 5.72. The Morgan fingerprint density at radius 3 is 2.89 bits per heavy atom. The maximum atomic E-state index is 11.9. The van der Waals surface area contributed by atoms with Crippen LogP contribution in [0.3, 0.4) is 0 Å². The molecule has 1 aliphatic heterocycles. The second-order valence-corrected chi connectivity index (χ2v) is 4.96. The van der Waals surface area contributed by atoms with Gasteiger partial charge in [0.25, 0.3) is 5.91 Å². The van der Waals surface area contributed by atoms with E-state index in [0.29, 0.717) is 24.6 Å². The van der Waals surface area contributed by atoms with E-state index in [0.717, 1.165) is 17.8 Å². The third-order valence-electron chi connectivity index (χ3n) is 2.96. The molecule has 1 aromatic carbocycles. The Morgan fingerprint density at radius 2 is 2.16 bits per heavy atom. The Hall–Kier alpha value is -1.88. The summed E-state index contributed by atoms with van der Waals surface area (Å²) in [6.07, 6.45) is 0.398. The number of hydrogen-bond acceptors (Lipinski definition) is 3. The van der Waals surface area contributed by atoms with Gasteiger partial charge in [-0.3, -0.25) is 9.59 Å². The molecule has 1 aliphatic rings. The highest BCUT2D eigenvalue weighted by molar-refractivity contribution is 6.02. The Labute approximate surface area is 112 Å². The van der Waals surface area contributed by atoms with Crippen LogP contribution >= 0.6 is 0 Å². The van der Waals surface area contributed by atoms with Gasteiger partial charge in [0.1, 0.15) is 0 Å². The molecular weight excluding hydrogens is 242 g/mol. The second kappa shape index (κ2) is 5.84. The monoisotopic (exact) mass is 261 g/mol. The first-order chi connectivity index (χ1) is 9.06. The van der Waals surface area contributed by atoms with Crippen molar-refractivity contribution in [1.29, 1.82) is 0 Å². The Morgan fingerprint density at radius 1 is 1.37 bits per heavy atom. The van der Waals surface area contributed by atoms with Crippen molar-refractivity contribution >= 4 is 17.5 Å². The van der Waals surface area contributed by atoms with E-state index in [4.69, 9.17) is 0 Å². The topological polar surface area (TPSA) is 70.2 Å². The lowest BCUT2D eigenvalue weighted by molar-refractivity contribution is -0.115. The number of nitrogens with one attached hydrogen (secondary N) is 3. The van der Waals surface area contributed by atoms with E-state index in [2.05, 4.69) is 29.8 Å². The van der Waals surface area contributed by atoms with Gasteiger partial charge >= 0.3 is 0 Å². The number of carbonyl (C=O) groups excluding carboxylic acids is 2. The van der Waals surface area contributed by atoms with Crippen LogP contribution in [0.2, 0.25) is 0 Å². The van der Waals surface area contributed by atoms with Gasteiger partial charge in [0.05, 0.1) is 6.42 Å². The molecule has 3 N–H and O–H groups in total. The number of hydrogen-bond donors (Lipinski definition) is 3. The van der Waals surface area contributed by atoms with Crippen LogP contribution in [0.5, 0.6) is 0 Å². The normalized spacial score (nSPS) is 13.3. The minimum atomic E-state index is -0.116. The lowest BCUT2D eigenvalue weighted by atomic mass is 10.1. The molecule has 1 heterocycles. The highest BCUT2D eigenvalue weighted by Crippen LogP contribution is 2.23. The zero-order valence-electron chi connectivity index (χ0n) is 11.2. The van der Waals surface area contributed by atoms with E-state index >= 15 is 0 Å². The largest absolute Gasteiger partial charge is 0.351 e. The van der Waals surface area contributed by atoms with Gasteiger partial charge in [0.2, 0.25) is 5.91 Å². The second-order valence-electron chi connectivity index (χ2n) is 4.96. The molecule has 5 heteroatoms. The van der Waals surface area contributed by atoms with Crippen LogP contribution in [0.15, 0.2) is 18.2 Å². The van der Waals surface area contributed by atoms with Gasteiger partial charge in [-0.05, 0) is 17.7 Å². The molecule has 0 radical (unpaired) electrons. The fourth-order valence-electron chi connectivity index (χ4n) is 1.99. The first-order valence-electron chi connectivity index (χ1n) is 6.50. The molecule has 2 rings (SSSR count). The fourth-order valence-corrected chi connectivity index (χ4v) is 1.99. The average Bonchev–Trinajstić information content (AvgIpc) is 2.73. The minimum Gasteiger partial charge on any atom is -0.351 e. The molecule has 5 nitrogen and oxygen atoms in total. The van der Waals surface area contributed by atoms with Crippen molar-refractivity contribution in [3.63, 3.8) is 0 Å². The molecule has 0 unspecified atom stereocenters. The van der Waals surface area contributed by atoms with Crippen molar-refractivity contribution < 1.29 is 9.59 Å². The standard InChI is InChI=1S/C14H19N3O2/c1-9(2)15-5-6-16-14(19)11-4-3-10-8-13(18)17-12(10)7-11/h3-4,7,9,15H,5-6,8H2,1-2H3,(H,16,19)(H,17,18). The molecule has 0 fully saturated rings. The Bertz CT molecular complexity index is 497. The van der Waals surface area contributed by atoms with Crippen LogP contribution in [-0.2, 0) is 11.2 Å². The third-order valence-corrected chi connectivity index (χ3v) is 2.96. The summed E-state index contributed by atoms with van der Waals surface area (Å²) in [6.45, 7) is 5.45. The van der Waals surface area contributed by atoms with E-state index in [1.54, 1.807) is 12.1 Å². The molecule has 1 aromatic rings. The lowest BCUT2D eigenvalue weighted by Gasteiger charge is -2.09. The van der Waals surface area contributed by atoms with Gasteiger partial charge in [0, 0.05) is 30.4 Å². The van der Waals surface area contributed by atoms with Gasteiger partial charge in [-0.25, -0.2) is 0 Å². The number of anilines is 1. The Balaban J connectivity index is 1.90. The predicted octanol–water partition coefficient (Wildman–Crippen LogP) is 0.909. The summed E-state index contributed by atoms with van der Waals surface area (Å²) in [5.41, 5.74) is 2.27. The van der Waals surface area contributed by atoms with E-state index in [9.17, 15) is 9.59 Å². The zero-order valence-corrected chi connectivity index (χ0v) is 11.2. The van der Waals surface area contributed by atoms with Crippen molar-refractivity contribution in [2.75, 3.05) is 18.4 Å². The quantitative estimate of drug-likeness (QED) is 0.690. The highest BCUT2D eigenvalue weighted by Gasteiger charge is 2.18. The Kier molecular flexibility index (Phi) is 4.16. The third kappa shape index (κ3) is 3.54. The van der Waals surface area contributed by atoms with Crippen LogP contribution in [0, 0.1) is 0 Å². The molecule has 0 atom stereocenters. The summed E-state index contributed by atoms with van der Waals surface area (Å²) in [7, 11) is 0. The summed E-state index contributed by atoms with van der Waals surface area (Å²) in [5, 5.41) is 8.81. The maximum Gasteiger partial charge on any atom is 0.251 e. The van der Waals surface area contributed by atoms with Crippen LogP contribution < -0.4 is 16.0 Å². The number of carbonyl (C=O) groups is 2. The van der Waals surface area contributed by atoms with Gasteiger partial charge in [-0.15, -0.1) is 0 Å². The van der Waals surface area contributed by atoms with Crippen LogP contribution in [-0.4, -0.2) is 30.9 Å². The first kappa shape index (κ1) is 13.5. The van der Waals surface area contributed by atoms with Gasteiger partial charge in [-0.2, -0.15) is 0 Å². The number of benzene rings is 1. The smallest absolute Gasteiger partial charge is 0.251 e. The molecular formula is C14H19N3O2. The molecule has 0 bridgehead atoms. The molecule has 2 amide bonds. The van der Waals surface area contributed by atoms with Crippen molar-refractivity contribution in [3.8, 4) is 0 Å². The molecule has 0 saturated heterocycles. The maximum absolute atomic E-state index is 11.9. The number of amides is 2. The summed E-state index contributed by atoms with van der Waals surface area (Å²) in [5.74, 6) is -0.136.